The number of carbonyl (C=O) groups is 1. The largest absolute Gasteiger partial charge is 0.464 e. The molecule has 0 spiro atoms. The number of anilines is 1. The number of nitrogens with zero attached hydrogens (tertiary/aromatic N) is 3. The zero-order chi connectivity index (χ0) is 17.1. The van der Waals surface area contributed by atoms with Gasteiger partial charge in [-0.25, -0.2) is 9.78 Å². The average Bonchev–Trinajstić information content (AvgIpc) is 3.07. The van der Waals surface area contributed by atoms with Crippen LogP contribution in [0.15, 0.2) is 24.3 Å². The molecule has 1 aromatic carbocycles. The molecule has 9 nitrogen and oxygen atoms in total. The number of non-ortho nitro benzene ring substituents is 1. The van der Waals surface area contributed by atoms with E-state index in [0.29, 0.717) is 43.5 Å². The van der Waals surface area contributed by atoms with E-state index in [0.717, 1.165) is 0 Å². The molecular weight excluding hydrogens is 316 g/mol. The summed E-state index contributed by atoms with van der Waals surface area (Å²) in [6.07, 6.45) is 0. The summed E-state index contributed by atoms with van der Waals surface area (Å²) < 4.78 is 10.1. The van der Waals surface area contributed by atoms with Gasteiger partial charge in [0.15, 0.2) is 11.5 Å². The number of aromatic amines is 1. The first-order chi connectivity index (χ1) is 11.6. The molecular formula is C15H16N4O5. The van der Waals surface area contributed by atoms with Crippen LogP contribution in [0.4, 0.5) is 11.5 Å². The first-order valence-corrected chi connectivity index (χ1v) is 7.36. The number of nitrogens with one attached hydrogen (secondary N) is 1. The van der Waals surface area contributed by atoms with Crippen LogP contribution in [-0.2, 0) is 9.47 Å². The standard InChI is InChI=1S/C15H16N4O5/c1-23-15(20)12-14(18-5-7-24-8-6-18)17-13(16-12)10-3-2-4-11(9-10)19(21)22/h2-4,9H,5-8H2,1H3,(H,16,17). The van der Waals surface area contributed by atoms with Crippen molar-refractivity contribution in [2.75, 3.05) is 38.3 Å². The van der Waals surface area contributed by atoms with Crippen molar-refractivity contribution in [1.82, 2.24) is 9.97 Å². The number of imidazole rings is 1. The molecule has 0 aliphatic carbocycles. The Hall–Kier alpha value is -2.94. The molecule has 1 fully saturated rings. The van der Waals surface area contributed by atoms with E-state index in [1.807, 2.05) is 4.90 Å². The van der Waals surface area contributed by atoms with Crippen molar-refractivity contribution in [2.45, 2.75) is 0 Å². The number of hydrogen-bond donors (Lipinski definition) is 1. The fraction of sp³-hybridized carbons (Fsp3) is 0.333. The monoisotopic (exact) mass is 332 g/mol. The molecule has 3 rings (SSSR count). The smallest absolute Gasteiger partial charge is 0.358 e. The zero-order valence-corrected chi connectivity index (χ0v) is 13.0. The summed E-state index contributed by atoms with van der Waals surface area (Å²) in [6.45, 7) is 2.28. The number of hydrogen-bond acceptors (Lipinski definition) is 7. The number of methoxy groups -OCH3 is 1. The van der Waals surface area contributed by atoms with Crippen LogP contribution in [0.1, 0.15) is 10.5 Å². The van der Waals surface area contributed by atoms with Crippen LogP contribution >= 0.6 is 0 Å². The highest BCUT2D eigenvalue weighted by Crippen LogP contribution is 2.27. The van der Waals surface area contributed by atoms with Crippen LogP contribution in [0.3, 0.4) is 0 Å². The number of carbonyl (C=O) groups excluding carboxylic acids is 1. The van der Waals surface area contributed by atoms with Crippen LogP contribution in [-0.4, -0.2) is 54.3 Å². The van der Waals surface area contributed by atoms with Crippen molar-refractivity contribution in [2.24, 2.45) is 0 Å². The summed E-state index contributed by atoms with van der Waals surface area (Å²) in [7, 11) is 1.29. The van der Waals surface area contributed by atoms with Gasteiger partial charge in [-0.1, -0.05) is 12.1 Å². The summed E-state index contributed by atoms with van der Waals surface area (Å²) in [6, 6.07) is 6.07. The van der Waals surface area contributed by atoms with Crippen molar-refractivity contribution in [1.29, 1.82) is 0 Å². The molecule has 1 aromatic heterocycles. The lowest BCUT2D eigenvalue weighted by Crippen LogP contribution is -2.37. The maximum Gasteiger partial charge on any atom is 0.358 e. The van der Waals surface area contributed by atoms with Crippen LogP contribution in [0.5, 0.6) is 0 Å². The summed E-state index contributed by atoms with van der Waals surface area (Å²) in [5.74, 6) is 0.299. The second kappa shape index (κ2) is 6.67. The lowest BCUT2D eigenvalue weighted by molar-refractivity contribution is -0.384. The third-order valence-electron chi connectivity index (χ3n) is 3.72. The first-order valence-electron chi connectivity index (χ1n) is 7.36. The molecule has 1 saturated heterocycles. The quantitative estimate of drug-likeness (QED) is 0.514. The van der Waals surface area contributed by atoms with E-state index in [9.17, 15) is 14.9 Å². The molecule has 0 unspecified atom stereocenters. The topological polar surface area (TPSA) is 111 Å². The number of nitro benzene ring substituents is 1. The molecule has 24 heavy (non-hydrogen) atoms. The third-order valence-corrected chi connectivity index (χ3v) is 3.72. The normalized spacial score (nSPS) is 14.5. The van der Waals surface area contributed by atoms with Gasteiger partial charge in [0.25, 0.3) is 5.69 Å². The van der Waals surface area contributed by atoms with Gasteiger partial charge in [0, 0.05) is 30.8 Å². The molecule has 2 aromatic rings. The van der Waals surface area contributed by atoms with E-state index >= 15 is 0 Å². The highest BCUT2D eigenvalue weighted by molar-refractivity contribution is 5.94. The minimum Gasteiger partial charge on any atom is -0.464 e. The fourth-order valence-electron chi connectivity index (χ4n) is 2.52. The van der Waals surface area contributed by atoms with E-state index in [1.54, 1.807) is 12.1 Å². The summed E-state index contributed by atoms with van der Waals surface area (Å²) in [4.78, 5) is 31.8. The van der Waals surface area contributed by atoms with Crippen LogP contribution < -0.4 is 4.90 Å². The number of aromatic nitrogens is 2. The molecule has 0 saturated carbocycles. The average molecular weight is 332 g/mol. The highest BCUT2D eigenvalue weighted by atomic mass is 16.6. The maximum atomic E-state index is 12.0. The van der Waals surface area contributed by atoms with E-state index < -0.39 is 10.9 Å². The minimum atomic E-state index is -0.541. The molecule has 0 radical (unpaired) electrons. The Morgan fingerprint density at radius 1 is 1.42 bits per heavy atom. The van der Waals surface area contributed by atoms with Crippen LogP contribution in [0.25, 0.3) is 11.4 Å². The molecule has 1 aliphatic rings. The van der Waals surface area contributed by atoms with Gasteiger partial charge in [0.2, 0.25) is 0 Å². The zero-order valence-electron chi connectivity index (χ0n) is 13.0. The van der Waals surface area contributed by atoms with Gasteiger partial charge in [-0.05, 0) is 0 Å². The van der Waals surface area contributed by atoms with Gasteiger partial charge >= 0.3 is 5.97 Å². The van der Waals surface area contributed by atoms with Crippen LogP contribution in [0.2, 0.25) is 0 Å². The predicted molar refractivity (Wildman–Crippen MR) is 85.0 cm³/mol. The van der Waals surface area contributed by atoms with Crippen molar-refractivity contribution < 1.29 is 19.2 Å². The van der Waals surface area contributed by atoms with E-state index in [4.69, 9.17) is 9.47 Å². The Morgan fingerprint density at radius 3 is 2.83 bits per heavy atom. The molecule has 1 aliphatic heterocycles. The summed E-state index contributed by atoms with van der Waals surface area (Å²) >= 11 is 0. The second-order valence-electron chi connectivity index (χ2n) is 5.18. The van der Waals surface area contributed by atoms with E-state index in [2.05, 4.69) is 9.97 Å². The molecule has 9 heteroatoms. The molecule has 1 N–H and O–H groups in total. The second-order valence-corrected chi connectivity index (χ2v) is 5.18. The Balaban J connectivity index is 2.03. The molecule has 2 heterocycles. The van der Waals surface area contributed by atoms with Gasteiger partial charge < -0.3 is 19.4 Å². The fourth-order valence-corrected chi connectivity index (χ4v) is 2.52. The predicted octanol–water partition coefficient (Wildman–Crippen LogP) is 1.61. The van der Waals surface area contributed by atoms with Crippen molar-refractivity contribution in [3.63, 3.8) is 0 Å². The number of esters is 1. The number of nitro groups is 1. The van der Waals surface area contributed by atoms with E-state index in [1.165, 1.54) is 19.2 Å². The number of morpholine rings is 1. The first kappa shape index (κ1) is 15.9. The lowest BCUT2D eigenvalue weighted by Gasteiger charge is -2.27. The highest BCUT2D eigenvalue weighted by Gasteiger charge is 2.25. The van der Waals surface area contributed by atoms with Gasteiger partial charge in [-0.2, -0.15) is 0 Å². The van der Waals surface area contributed by atoms with Crippen molar-refractivity contribution in [3.8, 4) is 11.4 Å². The number of rotatable bonds is 4. The molecule has 0 bridgehead atoms. The van der Waals surface area contributed by atoms with Gasteiger partial charge in [-0.15, -0.1) is 0 Å². The van der Waals surface area contributed by atoms with E-state index in [-0.39, 0.29) is 11.4 Å². The van der Waals surface area contributed by atoms with Crippen LogP contribution in [0, 0.1) is 10.1 Å². The Labute approximate surface area is 137 Å². The lowest BCUT2D eigenvalue weighted by atomic mass is 10.2. The van der Waals surface area contributed by atoms with Gasteiger partial charge in [0.05, 0.1) is 25.2 Å². The summed E-state index contributed by atoms with van der Waals surface area (Å²) in [5, 5.41) is 10.9. The Kier molecular flexibility index (Phi) is 4.43. The Morgan fingerprint density at radius 2 is 2.17 bits per heavy atom. The number of benzene rings is 1. The number of H-pyrrole nitrogens is 1. The van der Waals surface area contributed by atoms with Gasteiger partial charge in [-0.3, -0.25) is 10.1 Å². The SMILES string of the molecule is COC(=O)c1[nH]c(-c2cccc([N+](=O)[O-])c2)nc1N1CCOCC1. The number of ether oxygens (including phenoxy) is 2. The van der Waals surface area contributed by atoms with Gasteiger partial charge in [0.1, 0.15) is 5.82 Å². The Bertz CT molecular complexity index is 767. The molecule has 126 valence electrons. The molecule has 0 atom stereocenters. The molecule has 0 amide bonds. The van der Waals surface area contributed by atoms with Crippen molar-refractivity contribution in [3.05, 3.63) is 40.1 Å². The summed E-state index contributed by atoms with van der Waals surface area (Å²) in [5.41, 5.74) is 0.700. The van der Waals surface area contributed by atoms with Crippen molar-refractivity contribution >= 4 is 17.5 Å². The third kappa shape index (κ3) is 3.06. The minimum absolute atomic E-state index is 0.0450. The maximum absolute atomic E-state index is 12.0.